The van der Waals surface area contributed by atoms with Crippen LogP contribution in [0.2, 0.25) is 0 Å². The van der Waals surface area contributed by atoms with E-state index >= 15 is 0 Å². The summed E-state index contributed by atoms with van der Waals surface area (Å²) < 4.78 is 5.42. The molecule has 17 heavy (non-hydrogen) atoms. The number of anilines is 1. The molecular weight excluding hydrogens is 214 g/mol. The van der Waals surface area contributed by atoms with Crippen LogP contribution in [-0.2, 0) is 4.74 Å². The fourth-order valence-corrected chi connectivity index (χ4v) is 1.28. The second-order valence-electron chi connectivity index (χ2n) is 4.94. The molecule has 3 nitrogen and oxygen atoms in total. The van der Waals surface area contributed by atoms with Gasteiger partial charge in [-0.25, -0.2) is 4.79 Å². The Labute approximate surface area is 103 Å². The summed E-state index contributed by atoms with van der Waals surface area (Å²) in [6.45, 7) is 5.83. The molecule has 1 rings (SSSR count). The summed E-state index contributed by atoms with van der Waals surface area (Å²) in [5.41, 5.74) is 1.26. The van der Waals surface area contributed by atoms with Gasteiger partial charge < -0.3 is 9.64 Å². The Hall–Kier alpha value is -1.51. The summed E-state index contributed by atoms with van der Waals surface area (Å²) in [7, 11) is 3.93. The molecular formula is C14H21NO2. The van der Waals surface area contributed by atoms with Gasteiger partial charge in [-0.2, -0.15) is 0 Å². The number of carbonyl (C=O) groups is 1. The summed E-state index contributed by atoms with van der Waals surface area (Å²) in [5.74, 6) is -0.262. The molecule has 0 aliphatic heterocycles. The van der Waals surface area contributed by atoms with E-state index in [1.54, 1.807) is 12.1 Å². The molecule has 94 valence electrons. The highest BCUT2D eigenvalue weighted by atomic mass is 16.6. The van der Waals surface area contributed by atoms with Crippen molar-refractivity contribution in [2.75, 3.05) is 19.0 Å². The second kappa shape index (κ2) is 5.21. The van der Waals surface area contributed by atoms with Crippen LogP contribution < -0.4 is 4.90 Å². The zero-order valence-electron chi connectivity index (χ0n) is 11.3. The van der Waals surface area contributed by atoms with Crippen LogP contribution in [0.3, 0.4) is 0 Å². The molecule has 0 radical (unpaired) electrons. The molecule has 3 heteroatoms. The van der Waals surface area contributed by atoms with Crippen molar-refractivity contribution in [1.29, 1.82) is 0 Å². The highest BCUT2D eigenvalue weighted by molar-refractivity contribution is 5.90. The average molecular weight is 235 g/mol. The number of ether oxygens (including phenoxy) is 1. The first-order chi connectivity index (χ1) is 7.85. The minimum Gasteiger partial charge on any atom is -0.456 e. The molecule has 1 aromatic rings. The fraction of sp³-hybridized carbons (Fsp3) is 0.500. The van der Waals surface area contributed by atoms with Gasteiger partial charge >= 0.3 is 5.97 Å². The highest BCUT2D eigenvalue weighted by Gasteiger charge is 2.21. The fourth-order valence-electron chi connectivity index (χ4n) is 1.28. The van der Waals surface area contributed by atoms with Crippen molar-refractivity contribution in [3.63, 3.8) is 0 Å². The van der Waals surface area contributed by atoms with Crippen molar-refractivity contribution in [3.8, 4) is 0 Å². The van der Waals surface area contributed by atoms with Crippen molar-refractivity contribution in [3.05, 3.63) is 29.8 Å². The first-order valence-corrected chi connectivity index (χ1v) is 5.86. The maximum absolute atomic E-state index is 11.9. The van der Waals surface area contributed by atoms with Crippen LogP contribution in [0.1, 0.15) is 37.6 Å². The Balaban J connectivity index is 2.77. The van der Waals surface area contributed by atoms with Gasteiger partial charge in [-0.05, 0) is 44.5 Å². The molecule has 0 unspecified atom stereocenters. The van der Waals surface area contributed by atoms with Gasteiger partial charge in [-0.3, -0.25) is 0 Å². The monoisotopic (exact) mass is 235 g/mol. The van der Waals surface area contributed by atoms with E-state index < -0.39 is 5.60 Å². The molecule has 0 aliphatic rings. The molecule has 0 heterocycles. The molecule has 0 saturated heterocycles. The molecule has 0 aromatic heterocycles. The standard InChI is InChI=1S/C14H21NO2/c1-6-14(2,3)17-13(16)11-7-9-12(10-8-11)15(4)5/h7-10H,6H2,1-5H3. The van der Waals surface area contributed by atoms with Crippen LogP contribution in [0.15, 0.2) is 24.3 Å². The largest absolute Gasteiger partial charge is 0.456 e. The number of hydrogen-bond acceptors (Lipinski definition) is 3. The zero-order valence-corrected chi connectivity index (χ0v) is 11.3. The summed E-state index contributed by atoms with van der Waals surface area (Å²) >= 11 is 0. The van der Waals surface area contributed by atoms with Gasteiger partial charge in [-0.1, -0.05) is 6.92 Å². The van der Waals surface area contributed by atoms with Crippen LogP contribution >= 0.6 is 0 Å². The predicted molar refractivity (Wildman–Crippen MR) is 70.6 cm³/mol. The highest BCUT2D eigenvalue weighted by Crippen LogP contribution is 2.18. The van der Waals surface area contributed by atoms with Crippen LogP contribution in [0, 0.1) is 0 Å². The molecule has 1 aromatic carbocycles. The lowest BCUT2D eigenvalue weighted by Gasteiger charge is -2.23. The van der Waals surface area contributed by atoms with E-state index in [1.807, 2.05) is 51.9 Å². The zero-order chi connectivity index (χ0) is 13.1. The number of rotatable bonds is 4. The Morgan fingerprint density at radius 1 is 1.24 bits per heavy atom. The van der Waals surface area contributed by atoms with E-state index in [4.69, 9.17) is 4.74 Å². The minimum atomic E-state index is -0.405. The van der Waals surface area contributed by atoms with Gasteiger partial charge in [0.1, 0.15) is 5.60 Å². The van der Waals surface area contributed by atoms with Crippen molar-refractivity contribution >= 4 is 11.7 Å². The summed E-state index contributed by atoms with van der Waals surface area (Å²) in [5, 5.41) is 0. The molecule has 0 amide bonds. The topological polar surface area (TPSA) is 29.5 Å². The third-order valence-corrected chi connectivity index (χ3v) is 2.84. The second-order valence-corrected chi connectivity index (χ2v) is 4.94. The van der Waals surface area contributed by atoms with Gasteiger partial charge in [0.05, 0.1) is 5.56 Å². The number of esters is 1. The van der Waals surface area contributed by atoms with Crippen molar-refractivity contribution in [2.24, 2.45) is 0 Å². The molecule has 0 spiro atoms. The first-order valence-electron chi connectivity index (χ1n) is 5.86. The first kappa shape index (κ1) is 13.6. The Kier molecular flexibility index (Phi) is 4.16. The third-order valence-electron chi connectivity index (χ3n) is 2.84. The lowest BCUT2D eigenvalue weighted by Crippen LogP contribution is -2.27. The molecule has 0 saturated carbocycles. The summed E-state index contributed by atoms with van der Waals surface area (Å²) in [6.07, 6.45) is 0.800. The van der Waals surface area contributed by atoms with E-state index in [1.165, 1.54) is 0 Å². The van der Waals surface area contributed by atoms with E-state index in [0.717, 1.165) is 12.1 Å². The number of benzene rings is 1. The normalized spacial score (nSPS) is 11.1. The van der Waals surface area contributed by atoms with Gasteiger partial charge in [-0.15, -0.1) is 0 Å². The maximum Gasteiger partial charge on any atom is 0.338 e. The number of hydrogen-bond donors (Lipinski definition) is 0. The Bertz CT molecular complexity index is 380. The van der Waals surface area contributed by atoms with Crippen LogP contribution in [0.4, 0.5) is 5.69 Å². The van der Waals surface area contributed by atoms with E-state index in [0.29, 0.717) is 5.56 Å². The predicted octanol–water partition coefficient (Wildman–Crippen LogP) is 3.10. The molecule has 0 N–H and O–H groups in total. The quantitative estimate of drug-likeness (QED) is 0.751. The Morgan fingerprint density at radius 2 is 1.76 bits per heavy atom. The van der Waals surface area contributed by atoms with Gasteiger partial charge in [0, 0.05) is 19.8 Å². The van der Waals surface area contributed by atoms with E-state index in [-0.39, 0.29) is 5.97 Å². The minimum absolute atomic E-state index is 0.262. The van der Waals surface area contributed by atoms with Gasteiger partial charge in [0.15, 0.2) is 0 Å². The van der Waals surface area contributed by atoms with Crippen molar-refractivity contribution < 1.29 is 9.53 Å². The van der Waals surface area contributed by atoms with Crippen LogP contribution in [-0.4, -0.2) is 25.7 Å². The van der Waals surface area contributed by atoms with Crippen molar-refractivity contribution in [1.82, 2.24) is 0 Å². The summed E-state index contributed by atoms with van der Waals surface area (Å²) in [6, 6.07) is 7.41. The number of carbonyl (C=O) groups excluding carboxylic acids is 1. The third kappa shape index (κ3) is 3.77. The molecule has 0 fully saturated rings. The molecule has 0 aliphatic carbocycles. The van der Waals surface area contributed by atoms with Gasteiger partial charge in [0.25, 0.3) is 0 Å². The SMILES string of the molecule is CCC(C)(C)OC(=O)c1ccc(N(C)C)cc1. The molecule has 0 bridgehead atoms. The van der Waals surface area contributed by atoms with Crippen LogP contribution in [0.5, 0.6) is 0 Å². The lowest BCUT2D eigenvalue weighted by molar-refractivity contribution is -0.00242. The molecule has 0 atom stereocenters. The van der Waals surface area contributed by atoms with E-state index in [2.05, 4.69) is 0 Å². The average Bonchev–Trinajstić information content (AvgIpc) is 2.28. The summed E-state index contributed by atoms with van der Waals surface area (Å²) in [4.78, 5) is 13.9. The lowest BCUT2D eigenvalue weighted by atomic mass is 10.1. The van der Waals surface area contributed by atoms with Crippen molar-refractivity contribution in [2.45, 2.75) is 32.8 Å². The Morgan fingerprint density at radius 3 is 2.18 bits per heavy atom. The van der Waals surface area contributed by atoms with Gasteiger partial charge in [0.2, 0.25) is 0 Å². The number of nitrogens with zero attached hydrogens (tertiary/aromatic N) is 1. The smallest absolute Gasteiger partial charge is 0.338 e. The van der Waals surface area contributed by atoms with Crippen LogP contribution in [0.25, 0.3) is 0 Å². The van der Waals surface area contributed by atoms with E-state index in [9.17, 15) is 4.79 Å². The maximum atomic E-state index is 11.9.